The lowest BCUT2D eigenvalue weighted by Crippen LogP contribution is -2.40. The highest BCUT2D eigenvalue weighted by Gasteiger charge is 2.29. The number of carbonyl (C=O) groups is 1. The third kappa shape index (κ3) is 5.39. The highest BCUT2D eigenvalue weighted by molar-refractivity contribution is 5.99. The lowest BCUT2D eigenvalue weighted by molar-refractivity contribution is -0.385. The summed E-state index contributed by atoms with van der Waals surface area (Å²) in [6, 6.07) is 4.67. The van der Waals surface area contributed by atoms with Crippen molar-refractivity contribution in [2.45, 2.75) is 51.7 Å². The summed E-state index contributed by atoms with van der Waals surface area (Å²) >= 11 is 0. The van der Waals surface area contributed by atoms with Crippen LogP contribution in [0.3, 0.4) is 0 Å². The van der Waals surface area contributed by atoms with E-state index in [2.05, 4.69) is 15.3 Å². The first kappa shape index (κ1) is 22.3. The molecule has 0 spiro atoms. The molecule has 1 heterocycles. The molecule has 1 amide bonds. The smallest absolute Gasteiger partial charge is 0.317 e. The van der Waals surface area contributed by atoms with Gasteiger partial charge in [0, 0.05) is 23.5 Å². The molecule has 0 atom stereocenters. The summed E-state index contributed by atoms with van der Waals surface area (Å²) in [6.45, 7) is 3.78. The third-order valence-electron chi connectivity index (χ3n) is 5.19. The summed E-state index contributed by atoms with van der Waals surface area (Å²) in [6.07, 6.45) is 2.76. The van der Waals surface area contributed by atoms with Crippen LogP contribution < -0.4 is 19.5 Å². The van der Waals surface area contributed by atoms with Gasteiger partial charge in [-0.1, -0.05) is 0 Å². The van der Waals surface area contributed by atoms with Gasteiger partial charge in [0.2, 0.25) is 0 Å². The molecule has 10 heteroatoms. The van der Waals surface area contributed by atoms with Crippen LogP contribution in [0.4, 0.5) is 5.69 Å². The van der Waals surface area contributed by atoms with Crippen molar-refractivity contribution in [1.29, 1.82) is 0 Å². The van der Waals surface area contributed by atoms with Gasteiger partial charge in [0.15, 0.2) is 11.5 Å². The summed E-state index contributed by atoms with van der Waals surface area (Å²) in [4.78, 5) is 32.2. The fraction of sp³-hybridized carbons (Fsp3) is 0.476. The maximum atomic E-state index is 12.8. The molecule has 0 aliphatic heterocycles. The quantitative estimate of drug-likeness (QED) is 0.524. The molecule has 31 heavy (non-hydrogen) atoms. The minimum atomic E-state index is -0.606. The van der Waals surface area contributed by atoms with Crippen molar-refractivity contribution in [3.05, 3.63) is 45.3 Å². The standard InChI is InChI=1S/C21H26N4O6/c1-12-9-13(2)23-21(22-12)31-15-7-5-14(6-8-15)24-20(26)16-10-18(29-3)19(30-4)11-17(16)25(27)28/h9-11,14-15H,5-8H2,1-4H3,(H,24,26). The zero-order valence-electron chi connectivity index (χ0n) is 18.0. The largest absolute Gasteiger partial charge is 0.493 e. The first-order valence-electron chi connectivity index (χ1n) is 10.0. The number of rotatable bonds is 7. The molecule has 1 aliphatic carbocycles. The average Bonchev–Trinajstić information content (AvgIpc) is 2.73. The Morgan fingerprint density at radius 3 is 2.16 bits per heavy atom. The Labute approximate surface area is 180 Å². The van der Waals surface area contributed by atoms with Crippen molar-refractivity contribution in [2.24, 2.45) is 0 Å². The Hall–Kier alpha value is -3.43. The molecule has 1 aliphatic rings. The van der Waals surface area contributed by atoms with Crippen LogP contribution in [0.1, 0.15) is 47.4 Å². The van der Waals surface area contributed by atoms with Gasteiger partial charge in [-0.3, -0.25) is 14.9 Å². The number of carbonyl (C=O) groups excluding carboxylic acids is 1. The molecule has 1 N–H and O–H groups in total. The second kappa shape index (κ2) is 9.59. The van der Waals surface area contributed by atoms with Gasteiger partial charge in [-0.15, -0.1) is 0 Å². The molecule has 1 aromatic heterocycles. The molecule has 10 nitrogen and oxygen atoms in total. The van der Waals surface area contributed by atoms with Crippen molar-refractivity contribution in [2.75, 3.05) is 14.2 Å². The summed E-state index contributed by atoms with van der Waals surface area (Å²) in [5, 5.41) is 14.3. The van der Waals surface area contributed by atoms with Crippen LogP contribution in [0.2, 0.25) is 0 Å². The van der Waals surface area contributed by atoms with Crippen LogP contribution in [0, 0.1) is 24.0 Å². The van der Waals surface area contributed by atoms with Crippen molar-refractivity contribution in [3.8, 4) is 17.5 Å². The predicted octanol–water partition coefficient (Wildman–Crippen LogP) is 3.14. The molecule has 0 bridgehead atoms. The lowest BCUT2D eigenvalue weighted by Gasteiger charge is -2.29. The molecule has 1 fully saturated rings. The highest BCUT2D eigenvalue weighted by Crippen LogP contribution is 2.34. The number of hydrogen-bond acceptors (Lipinski definition) is 8. The molecule has 1 aromatic carbocycles. The van der Waals surface area contributed by atoms with Gasteiger partial charge < -0.3 is 19.5 Å². The summed E-state index contributed by atoms with van der Waals surface area (Å²) in [5.41, 5.74) is 1.30. The average molecular weight is 430 g/mol. The monoisotopic (exact) mass is 430 g/mol. The number of amides is 1. The highest BCUT2D eigenvalue weighted by atomic mass is 16.6. The van der Waals surface area contributed by atoms with Crippen molar-refractivity contribution in [1.82, 2.24) is 15.3 Å². The van der Waals surface area contributed by atoms with Gasteiger partial charge in [0.25, 0.3) is 11.6 Å². The van der Waals surface area contributed by atoms with E-state index >= 15 is 0 Å². The van der Waals surface area contributed by atoms with Gasteiger partial charge in [0.05, 0.1) is 25.2 Å². The fourth-order valence-electron chi connectivity index (χ4n) is 3.68. The third-order valence-corrected chi connectivity index (χ3v) is 5.19. The minimum absolute atomic E-state index is 0.0373. The normalized spacial score (nSPS) is 18.2. The Balaban J connectivity index is 1.64. The van der Waals surface area contributed by atoms with Gasteiger partial charge >= 0.3 is 6.01 Å². The molecular weight excluding hydrogens is 404 g/mol. The number of hydrogen-bond donors (Lipinski definition) is 1. The molecule has 1 saturated carbocycles. The Bertz CT molecular complexity index is 952. The van der Waals surface area contributed by atoms with Crippen molar-refractivity contribution < 1.29 is 23.9 Å². The number of nitrogens with one attached hydrogen (secondary N) is 1. The second-order valence-corrected chi connectivity index (χ2v) is 7.48. The molecule has 0 unspecified atom stereocenters. The van der Waals surface area contributed by atoms with E-state index in [9.17, 15) is 14.9 Å². The molecular formula is C21H26N4O6. The number of benzene rings is 1. The number of aromatic nitrogens is 2. The zero-order chi connectivity index (χ0) is 22.5. The number of ether oxygens (including phenoxy) is 3. The topological polar surface area (TPSA) is 126 Å². The van der Waals surface area contributed by atoms with E-state index in [0.717, 1.165) is 24.2 Å². The van der Waals surface area contributed by atoms with Crippen LogP contribution >= 0.6 is 0 Å². The van der Waals surface area contributed by atoms with Gasteiger partial charge in [-0.05, 0) is 45.6 Å². The van der Waals surface area contributed by atoms with Gasteiger partial charge in [-0.25, -0.2) is 9.97 Å². The molecule has 0 radical (unpaired) electrons. The predicted molar refractivity (Wildman–Crippen MR) is 112 cm³/mol. The fourth-order valence-corrected chi connectivity index (χ4v) is 3.68. The Morgan fingerprint density at radius 1 is 1.03 bits per heavy atom. The minimum Gasteiger partial charge on any atom is -0.493 e. The SMILES string of the molecule is COc1cc(C(=O)NC2CCC(Oc3nc(C)cc(C)n3)CC2)c([N+](=O)[O-])cc1OC. The van der Waals surface area contributed by atoms with Crippen LogP contribution in [-0.4, -0.2) is 47.2 Å². The molecule has 166 valence electrons. The van der Waals surface area contributed by atoms with E-state index < -0.39 is 10.8 Å². The van der Waals surface area contributed by atoms with E-state index in [4.69, 9.17) is 14.2 Å². The zero-order valence-corrected chi connectivity index (χ0v) is 18.0. The van der Waals surface area contributed by atoms with Gasteiger partial charge in [0.1, 0.15) is 11.7 Å². The Morgan fingerprint density at radius 2 is 1.61 bits per heavy atom. The van der Waals surface area contributed by atoms with E-state index in [-0.39, 0.29) is 34.9 Å². The van der Waals surface area contributed by atoms with E-state index in [1.807, 2.05) is 19.9 Å². The van der Waals surface area contributed by atoms with Crippen LogP contribution in [-0.2, 0) is 0 Å². The van der Waals surface area contributed by atoms with Crippen LogP contribution in [0.25, 0.3) is 0 Å². The van der Waals surface area contributed by atoms with Crippen LogP contribution in [0.15, 0.2) is 18.2 Å². The molecule has 3 rings (SSSR count). The summed E-state index contributed by atoms with van der Waals surface area (Å²) < 4.78 is 16.2. The second-order valence-electron chi connectivity index (χ2n) is 7.48. The lowest BCUT2D eigenvalue weighted by atomic mass is 9.92. The molecule has 2 aromatic rings. The summed E-state index contributed by atoms with van der Waals surface area (Å²) in [7, 11) is 2.79. The van der Waals surface area contributed by atoms with Crippen molar-refractivity contribution >= 4 is 11.6 Å². The van der Waals surface area contributed by atoms with E-state index in [1.54, 1.807) is 0 Å². The number of methoxy groups -OCH3 is 2. The first-order chi connectivity index (χ1) is 14.8. The maximum absolute atomic E-state index is 12.8. The Kier molecular flexibility index (Phi) is 6.88. The van der Waals surface area contributed by atoms with E-state index in [1.165, 1.54) is 26.4 Å². The van der Waals surface area contributed by atoms with E-state index in [0.29, 0.717) is 18.9 Å². The number of nitro groups is 1. The van der Waals surface area contributed by atoms with Crippen LogP contribution in [0.5, 0.6) is 17.5 Å². The number of nitrogens with zero attached hydrogens (tertiary/aromatic N) is 3. The number of nitro benzene ring substituents is 1. The number of aryl methyl sites for hydroxylation is 2. The first-order valence-corrected chi connectivity index (χ1v) is 10.0. The van der Waals surface area contributed by atoms with Crippen molar-refractivity contribution in [3.63, 3.8) is 0 Å². The summed E-state index contributed by atoms with van der Waals surface area (Å²) in [5.74, 6) is -0.0736. The molecule has 0 saturated heterocycles. The maximum Gasteiger partial charge on any atom is 0.317 e. The van der Waals surface area contributed by atoms with Gasteiger partial charge in [-0.2, -0.15) is 0 Å².